The zero-order valence-electron chi connectivity index (χ0n) is 18.7. The third-order valence-corrected chi connectivity index (χ3v) is 5.86. The number of nitrogens with one attached hydrogen (secondary N) is 3. The van der Waals surface area contributed by atoms with Gasteiger partial charge in [-0.25, -0.2) is 9.78 Å². The molecule has 10 heteroatoms. The fourth-order valence-electron chi connectivity index (χ4n) is 4.09. The van der Waals surface area contributed by atoms with Crippen LogP contribution in [0.15, 0.2) is 30.5 Å². The van der Waals surface area contributed by atoms with Crippen LogP contribution in [0.5, 0.6) is 0 Å². The lowest BCUT2D eigenvalue weighted by atomic mass is 10.0. The maximum atomic E-state index is 12.8. The Morgan fingerprint density at radius 2 is 2.09 bits per heavy atom. The molecule has 2 amide bonds. The Morgan fingerprint density at radius 3 is 2.82 bits per heavy atom. The first kappa shape index (κ1) is 22.4. The Bertz CT molecular complexity index is 1120. The van der Waals surface area contributed by atoms with E-state index in [9.17, 15) is 9.59 Å². The quantitative estimate of drug-likeness (QED) is 0.482. The summed E-state index contributed by atoms with van der Waals surface area (Å²) in [5.74, 6) is 0.420. The molecular weight excluding hydrogens is 422 g/mol. The summed E-state index contributed by atoms with van der Waals surface area (Å²) < 4.78 is 5.08. The van der Waals surface area contributed by atoms with E-state index in [0.717, 1.165) is 17.5 Å². The average molecular weight is 452 g/mol. The van der Waals surface area contributed by atoms with Gasteiger partial charge in [-0.1, -0.05) is 6.07 Å². The van der Waals surface area contributed by atoms with Crippen molar-refractivity contribution in [1.29, 1.82) is 10.8 Å². The number of hydrogen-bond donors (Lipinski definition) is 3. The van der Waals surface area contributed by atoms with Crippen LogP contribution in [-0.2, 0) is 17.7 Å². The zero-order chi connectivity index (χ0) is 23.5. The van der Waals surface area contributed by atoms with Crippen LogP contribution in [0, 0.1) is 10.8 Å². The first-order chi connectivity index (χ1) is 15.9. The number of fused-ring (bicyclic) bond motifs is 1. The molecule has 0 bridgehead atoms. The first-order valence-electron chi connectivity index (χ1n) is 11.0. The Balaban J connectivity index is 0.00000324. The van der Waals surface area contributed by atoms with E-state index in [4.69, 9.17) is 15.6 Å². The lowest BCUT2D eigenvalue weighted by molar-refractivity contribution is 0.102. The Hall–Kier alpha value is -3.82. The van der Waals surface area contributed by atoms with Gasteiger partial charge >= 0.3 is 6.09 Å². The summed E-state index contributed by atoms with van der Waals surface area (Å²) in [5.41, 5.74) is 2.47. The van der Waals surface area contributed by atoms with Crippen LogP contribution in [0.2, 0.25) is 0 Å². The summed E-state index contributed by atoms with van der Waals surface area (Å²) in [6.07, 6.45) is 3.42. The highest BCUT2D eigenvalue weighted by Gasteiger charge is 2.29. The van der Waals surface area contributed by atoms with Gasteiger partial charge in [-0.15, -0.1) is 0 Å². The van der Waals surface area contributed by atoms with E-state index < -0.39 is 5.91 Å². The predicted molar refractivity (Wildman–Crippen MR) is 125 cm³/mol. The summed E-state index contributed by atoms with van der Waals surface area (Å²) in [5, 5.41) is 19.3. The highest BCUT2D eigenvalue weighted by molar-refractivity contribution is 6.08. The fraction of sp³-hybridized carbons (Fsp3) is 0.391. The van der Waals surface area contributed by atoms with E-state index in [-0.39, 0.29) is 25.1 Å². The SMILES string of the molecule is CCOC(=O)N1CCc2cnc(C(=O)Nc3cccc(C(=N)N4C(=N)CC[C@@H]4C)n3)cc2C1.[HH]. The van der Waals surface area contributed by atoms with Crippen LogP contribution in [0.1, 0.15) is 55.4 Å². The summed E-state index contributed by atoms with van der Waals surface area (Å²) in [7, 11) is 0. The third kappa shape index (κ3) is 4.69. The van der Waals surface area contributed by atoms with Crippen molar-refractivity contribution < 1.29 is 15.8 Å². The molecule has 1 saturated heterocycles. The van der Waals surface area contributed by atoms with Crippen molar-refractivity contribution in [1.82, 2.24) is 19.8 Å². The lowest BCUT2D eigenvalue weighted by Crippen LogP contribution is -2.37. The highest BCUT2D eigenvalue weighted by Crippen LogP contribution is 2.22. The number of likely N-dealkylation sites (tertiary alicyclic amines) is 1. The molecule has 0 spiro atoms. The third-order valence-electron chi connectivity index (χ3n) is 5.86. The number of aromatic nitrogens is 2. The smallest absolute Gasteiger partial charge is 0.410 e. The average Bonchev–Trinajstić information content (AvgIpc) is 3.15. The van der Waals surface area contributed by atoms with E-state index in [2.05, 4.69) is 15.3 Å². The number of amidine groups is 2. The molecule has 1 fully saturated rings. The highest BCUT2D eigenvalue weighted by atomic mass is 16.6. The van der Waals surface area contributed by atoms with Crippen LogP contribution in [0.25, 0.3) is 0 Å². The molecule has 2 aromatic rings. The van der Waals surface area contributed by atoms with Gasteiger partial charge in [-0.3, -0.25) is 20.6 Å². The number of pyridine rings is 2. The van der Waals surface area contributed by atoms with Crippen LogP contribution in [-0.4, -0.2) is 62.6 Å². The maximum Gasteiger partial charge on any atom is 0.410 e. The van der Waals surface area contributed by atoms with E-state index in [0.29, 0.717) is 49.9 Å². The number of carbonyl (C=O) groups excluding carboxylic acids is 2. The second kappa shape index (κ2) is 9.35. The number of carbonyl (C=O) groups is 2. The number of nitrogens with zero attached hydrogens (tertiary/aromatic N) is 4. The van der Waals surface area contributed by atoms with Gasteiger partial charge in [0.1, 0.15) is 23.0 Å². The largest absolute Gasteiger partial charge is 0.450 e. The van der Waals surface area contributed by atoms with Gasteiger partial charge in [-0.05, 0) is 56.0 Å². The number of hydrogen-bond acceptors (Lipinski definition) is 7. The molecule has 3 N–H and O–H groups in total. The second-order valence-electron chi connectivity index (χ2n) is 8.12. The van der Waals surface area contributed by atoms with Crippen molar-refractivity contribution in [2.75, 3.05) is 18.5 Å². The van der Waals surface area contributed by atoms with Crippen LogP contribution < -0.4 is 5.32 Å². The zero-order valence-corrected chi connectivity index (χ0v) is 18.7. The van der Waals surface area contributed by atoms with E-state index in [1.54, 1.807) is 47.2 Å². The number of amides is 2. The molecule has 2 aliphatic heterocycles. The molecule has 10 nitrogen and oxygen atoms in total. The van der Waals surface area contributed by atoms with Crippen molar-refractivity contribution in [2.24, 2.45) is 0 Å². The number of anilines is 1. The summed E-state index contributed by atoms with van der Waals surface area (Å²) in [6.45, 7) is 4.97. The Morgan fingerprint density at radius 1 is 1.27 bits per heavy atom. The van der Waals surface area contributed by atoms with Crippen LogP contribution in [0.3, 0.4) is 0 Å². The normalized spacial score (nSPS) is 17.5. The maximum absolute atomic E-state index is 12.8. The van der Waals surface area contributed by atoms with E-state index in [1.165, 1.54) is 0 Å². The molecule has 174 valence electrons. The molecule has 2 aromatic heterocycles. The number of rotatable bonds is 4. The van der Waals surface area contributed by atoms with Gasteiger partial charge < -0.3 is 19.9 Å². The minimum atomic E-state index is -0.426. The van der Waals surface area contributed by atoms with Crippen molar-refractivity contribution in [3.05, 3.63) is 53.0 Å². The van der Waals surface area contributed by atoms with E-state index >= 15 is 0 Å². The van der Waals surface area contributed by atoms with Gasteiger partial charge in [0.25, 0.3) is 5.91 Å². The molecule has 0 radical (unpaired) electrons. The first-order valence-corrected chi connectivity index (χ1v) is 11.0. The topological polar surface area (TPSA) is 135 Å². The molecule has 4 rings (SSSR count). The molecule has 0 aromatic carbocycles. The Labute approximate surface area is 193 Å². The summed E-state index contributed by atoms with van der Waals surface area (Å²) in [4.78, 5) is 36.9. The van der Waals surface area contributed by atoms with Crippen LogP contribution >= 0.6 is 0 Å². The minimum Gasteiger partial charge on any atom is -0.450 e. The molecular formula is C23H29N7O3. The van der Waals surface area contributed by atoms with Gasteiger partial charge in [0.15, 0.2) is 5.84 Å². The minimum absolute atomic E-state index is 0. The second-order valence-corrected chi connectivity index (χ2v) is 8.12. The summed E-state index contributed by atoms with van der Waals surface area (Å²) in [6, 6.07) is 6.81. The van der Waals surface area contributed by atoms with Gasteiger partial charge in [-0.2, -0.15) is 0 Å². The Kier molecular flexibility index (Phi) is 6.34. The van der Waals surface area contributed by atoms with Crippen molar-refractivity contribution in [3.63, 3.8) is 0 Å². The molecule has 4 heterocycles. The van der Waals surface area contributed by atoms with Crippen molar-refractivity contribution in [2.45, 2.75) is 45.7 Å². The number of ether oxygens (including phenoxy) is 1. The molecule has 0 aliphatic carbocycles. The monoisotopic (exact) mass is 451 g/mol. The van der Waals surface area contributed by atoms with Crippen LogP contribution in [0.4, 0.5) is 10.6 Å². The lowest BCUT2D eigenvalue weighted by Gasteiger charge is -2.28. The van der Waals surface area contributed by atoms with E-state index in [1.807, 2.05) is 6.92 Å². The summed E-state index contributed by atoms with van der Waals surface area (Å²) >= 11 is 0. The van der Waals surface area contributed by atoms with Gasteiger partial charge in [0.05, 0.1) is 6.61 Å². The van der Waals surface area contributed by atoms with Crippen molar-refractivity contribution >= 4 is 29.5 Å². The van der Waals surface area contributed by atoms with Gasteiger partial charge in [0.2, 0.25) is 0 Å². The molecule has 1 atom stereocenters. The predicted octanol–water partition coefficient (Wildman–Crippen LogP) is 3.28. The molecule has 0 saturated carbocycles. The molecule has 2 aliphatic rings. The molecule has 0 unspecified atom stereocenters. The fourth-order valence-corrected chi connectivity index (χ4v) is 4.09. The molecule has 33 heavy (non-hydrogen) atoms. The van der Waals surface area contributed by atoms with Gasteiger partial charge in [0, 0.05) is 33.2 Å². The standard InChI is InChI=1S/C23H27N7O3.H2/c1-3-33-23(32)29-10-9-15-12-26-18(11-16(15)13-29)22(31)28-20-6-4-5-17(27-20)21(25)30-14(2)7-8-19(30)24;/h4-6,11-12,14,24-25H,3,7-10,13H2,1-2H3,(H,27,28,31);1H/t14-;/m0./s1. The van der Waals surface area contributed by atoms with Crippen molar-refractivity contribution in [3.8, 4) is 0 Å².